The number of fused-ring (bicyclic) bond motifs is 7. The number of ether oxygens (including phenoxy) is 4. The second kappa shape index (κ2) is 8.38. The van der Waals surface area contributed by atoms with Crippen molar-refractivity contribution in [2.45, 2.75) is 140 Å². The molecule has 0 radical (unpaired) electrons. The van der Waals surface area contributed by atoms with E-state index in [0.29, 0.717) is 30.0 Å². The summed E-state index contributed by atoms with van der Waals surface area (Å²) in [6.45, 7) is 6.68. The van der Waals surface area contributed by atoms with E-state index in [1.54, 1.807) is 0 Å². The predicted molar refractivity (Wildman–Crippen MR) is 136 cm³/mol. The van der Waals surface area contributed by atoms with Crippen LogP contribution in [0.4, 0.5) is 0 Å². The van der Waals surface area contributed by atoms with Gasteiger partial charge in [0.15, 0.2) is 5.79 Å². The summed E-state index contributed by atoms with van der Waals surface area (Å²) in [5.74, 6) is 3.76. The summed E-state index contributed by atoms with van der Waals surface area (Å²) in [6.07, 6.45) is 17.3. The Balaban J connectivity index is 1.21. The molecule has 0 amide bonds. The first-order valence-electron chi connectivity index (χ1n) is 14.8. The van der Waals surface area contributed by atoms with Crippen LogP contribution in [-0.4, -0.2) is 30.2 Å². The van der Waals surface area contributed by atoms with Crippen molar-refractivity contribution in [3.05, 3.63) is 23.3 Å². The summed E-state index contributed by atoms with van der Waals surface area (Å²) in [5.41, 5.74) is 3.27. The van der Waals surface area contributed by atoms with Crippen LogP contribution < -0.4 is 9.47 Å². The summed E-state index contributed by atoms with van der Waals surface area (Å²) in [4.78, 5) is 0. The van der Waals surface area contributed by atoms with Gasteiger partial charge in [0.25, 0.3) is 0 Å². The van der Waals surface area contributed by atoms with E-state index in [1.165, 1.54) is 81.8 Å². The van der Waals surface area contributed by atoms with Gasteiger partial charge in [-0.3, -0.25) is 0 Å². The van der Waals surface area contributed by atoms with Crippen molar-refractivity contribution in [3.8, 4) is 11.5 Å². The van der Waals surface area contributed by atoms with Crippen LogP contribution in [0.25, 0.3) is 0 Å². The summed E-state index contributed by atoms with van der Waals surface area (Å²) >= 11 is 0. The van der Waals surface area contributed by atoms with Crippen molar-refractivity contribution < 1.29 is 18.9 Å². The molecule has 192 valence electrons. The molecule has 35 heavy (non-hydrogen) atoms. The number of hydrogen-bond acceptors (Lipinski definition) is 4. The Labute approximate surface area is 211 Å². The molecule has 1 aromatic carbocycles. The van der Waals surface area contributed by atoms with E-state index in [0.717, 1.165) is 24.3 Å². The highest BCUT2D eigenvalue weighted by molar-refractivity contribution is 5.51. The maximum absolute atomic E-state index is 6.84. The maximum Gasteiger partial charge on any atom is 0.163 e. The first-order chi connectivity index (χ1) is 16.9. The van der Waals surface area contributed by atoms with Gasteiger partial charge >= 0.3 is 0 Å². The van der Waals surface area contributed by atoms with Crippen molar-refractivity contribution in [3.63, 3.8) is 0 Å². The van der Waals surface area contributed by atoms with E-state index in [9.17, 15) is 0 Å². The van der Waals surface area contributed by atoms with Crippen molar-refractivity contribution in [2.24, 2.45) is 17.3 Å². The summed E-state index contributed by atoms with van der Waals surface area (Å²) in [7, 11) is 0. The van der Waals surface area contributed by atoms with Gasteiger partial charge < -0.3 is 18.9 Å². The Kier molecular flexibility index (Phi) is 5.48. The number of aryl methyl sites for hydroxylation is 1. The third-order valence-electron chi connectivity index (χ3n) is 10.7. The molecule has 5 aliphatic carbocycles. The highest BCUT2D eigenvalue weighted by atomic mass is 16.8. The van der Waals surface area contributed by atoms with Crippen LogP contribution in [0.5, 0.6) is 11.5 Å². The quantitative estimate of drug-likeness (QED) is 0.452. The monoisotopic (exact) mass is 480 g/mol. The molecular weight excluding hydrogens is 436 g/mol. The minimum absolute atomic E-state index is 0.231. The molecule has 1 aliphatic heterocycles. The number of hydrogen-bond donors (Lipinski definition) is 0. The fourth-order valence-corrected chi connectivity index (χ4v) is 9.17. The molecule has 4 saturated carbocycles. The molecule has 0 spiro atoms. The second-order valence-corrected chi connectivity index (χ2v) is 13.3. The molecule has 4 nitrogen and oxygen atoms in total. The van der Waals surface area contributed by atoms with Crippen LogP contribution in [-0.2, 0) is 15.9 Å². The number of benzene rings is 1. The Hall–Kier alpha value is -1.26. The zero-order valence-corrected chi connectivity index (χ0v) is 22.0. The molecule has 1 aromatic rings. The summed E-state index contributed by atoms with van der Waals surface area (Å²) < 4.78 is 26.3. The highest BCUT2D eigenvalue weighted by Crippen LogP contribution is 2.65. The van der Waals surface area contributed by atoms with Crippen molar-refractivity contribution in [2.75, 3.05) is 0 Å². The van der Waals surface area contributed by atoms with Gasteiger partial charge in [0.2, 0.25) is 0 Å². The highest BCUT2D eigenvalue weighted by Gasteiger charge is 2.63. The summed E-state index contributed by atoms with van der Waals surface area (Å²) in [6, 6.07) is 4.67. The van der Waals surface area contributed by atoms with E-state index >= 15 is 0 Å². The average Bonchev–Trinajstić information content (AvgIpc) is 3.60. The van der Waals surface area contributed by atoms with Gasteiger partial charge in [-0.25, -0.2) is 0 Å². The van der Waals surface area contributed by atoms with Crippen molar-refractivity contribution >= 4 is 0 Å². The van der Waals surface area contributed by atoms with Crippen molar-refractivity contribution in [1.82, 2.24) is 0 Å². The van der Waals surface area contributed by atoms with Gasteiger partial charge in [0.05, 0.1) is 24.4 Å². The molecule has 4 heteroatoms. The standard InChI is InChI=1S/C31H44O4/c1-30(2)34-27-18-25-23-13-12-19-16-22(32-20-8-4-5-9-20)17-26(33-21-10-6-7-11-21)28(19)24(23)14-15-31(25,3)29(27)35-30/h16-17,20-21,23-25,27,29H,4-15,18H2,1-3H3/t23-,24-,25-,27+,29+,31-/m0/s1. The zero-order chi connectivity index (χ0) is 23.8. The molecule has 7 rings (SSSR count). The lowest BCUT2D eigenvalue weighted by Crippen LogP contribution is -2.45. The third kappa shape index (κ3) is 3.84. The van der Waals surface area contributed by atoms with Crippen molar-refractivity contribution in [1.29, 1.82) is 0 Å². The molecule has 0 unspecified atom stereocenters. The predicted octanol–water partition coefficient (Wildman–Crippen LogP) is 7.32. The van der Waals surface area contributed by atoms with Gasteiger partial charge in [-0.1, -0.05) is 6.92 Å². The molecule has 0 aromatic heterocycles. The first kappa shape index (κ1) is 22.9. The molecule has 6 atom stereocenters. The Morgan fingerprint density at radius 2 is 1.54 bits per heavy atom. The Morgan fingerprint density at radius 1 is 0.829 bits per heavy atom. The van der Waals surface area contributed by atoms with E-state index in [-0.39, 0.29) is 17.6 Å². The average molecular weight is 481 g/mol. The van der Waals surface area contributed by atoms with Gasteiger partial charge in [-0.15, -0.1) is 0 Å². The van der Waals surface area contributed by atoms with Crippen LogP contribution in [0.2, 0.25) is 0 Å². The minimum Gasteiger partial charge on any atom is -0.490 e. The molecule has 1 heterocycles. The van der Waals surface area contributed by atoms with Crippen LogP contribution in [0, 0.1) is 17.3 Å². The zero-order valence-electron chi connectivity index (χ0n) is 22.0. The molecular formula is C31H44O4. The maximum atomic E-state index is 6.84. The van der Waals surface area contributed by atoms with Crippen LogP contribution in [0.1, 0.15) is 115 Å². The van der Waals surface area contributed by atoms with Crippen LogP contribution in [0.15, 0.2) is 12.1 Å². The number of rotatable bonds is 4. The SMILES string of the molecule is CC1(C)O[C@@H]2[C@@H](C[C@H]3[C@H]4CCc5cc(OC6CCCC6)cc(OC6CCCC6)c5[C@H]4CC[C@]23C)O1. The normalized spacial score (nSPS) is 40.3. The third-order valence-corrected chi connectivity index (χ3v) is 10.7. The first-order valence-corrected chi connectivity index (χ1v) is 14.8. The van der Waals surface area contributed by atoms with E-state index in [2.05, 4.69) is 32.9 Å². The largest absolute Gasteiger partial charge is 0.490 e. The fraction of sp³-hybridized carbons (Fsp3) is 0.806. The Morgan fingerprint density at radius 3 is 2.29 bits per heavy atom. The van der Waals surface area contributed by atoms with E-state index < -0.39 is 5.79 Å². The molecule has 1 saturated heterocycles. The fourth-order valence-electron chi connectivity index (χ4n) is 9.17. The van der Waals surface area contributed by atoms with Gasteiger partial charge in [0, 0.05) is 11.6 Å². The van der Waals surface area contributed by atoms with Gasteiger partial charge in [-0.05, 0) is 132 Å². The van der Waals surface area contributed by atoms with E-state index in [4.69, 9.17) is 18.9 Å². The summed E-state index contributed by atoms with van der Waals surface area (Å²) in [5, 5.41) is 0. The topological polar surface area (TPSA) is 36.9 Å². The lowest BCUT2D eigenvalue weighted by atomic mass is 9.55. The van der Waals surface area contributed by atoms with Crippen LogP contribution >= 0.6 is 0 Å². The lowest BCUT2D eigenvalue weighted by molar-refractivity contribution is -0.178. The van der Waals surface area contributed by atoms with Gasteiger partial charge in [0.1, 0.15) is 11.5 Å². The molecule has 0 N–H and O–H groups in total. The lowest BCUT2D eigenvalue weighted by Gasteiger charge is -2.51. The molecule has 0 bridgehead atoms. The van der Waals surface area contributed by atoms with Gasteiger partial charge in [-0.2, -0.15) is 0 Å². The smallest absolute Gasteiger partial charge is 0.163 e. The molecule has 5 fully saturated rings. The van der Waals surface area contributed by atoms with Crippen LogP contribution in [0.3, 0.4) is 0 Å². The Bertz CT molecular complexity index is 959. The molecule has 6 aliphatic rings. The second-order valence-electron chi connectivity index (χ2n) is 13.3. The minimum atomic E-state index is -0.433. The van der Waals surface area contributed by atoms with E-state index in [1.807, 2.05) is 0 Å².